The van der Waals surface area contributed by atoms with Gasteiger partial charge in [-0.05, 0) is 35.6 Å². The Morgan fingerprint density at radius 1 is 1.43 bits per heavy atom. The zero-order valence-corrected chi connectivity index (χ0v) is 13.6. The van der Waals surface area contributed by atoms with Crippen LogP contribution in [0.5, 0.6) is 0 Å². The molecule has 0 unspecified atom stereocenters. The number of methoxy groups -OCH3 is 1. The van der Waals surface area contributed by atoms with E-state index in [-0.39, 0.29) is 5.91 Å². The SMILES string of the molecule is COCCC(=O)N1CCOC[C@@H](Cc2ccc3[nH]ccc3c2)C1. The Morgan fingerprint density at radius 2 is 2.35 bits per heavy atom. The molecule has 0 radical (unpaired) electrons. The molecule has 5 heteroatoms. The summed E-state index contributed by atoms with van der Waals surface area (Å²) in [6, 6.07) is 8.57. The summed E-state index contributed by atoms with van der Waals surface area (Å²) in [4.78, 5) is 17.4. The van der Waals surface area contributed by atoms with Gasteiger partial charge in [-0.15, -0.1) is 0 Å². The van der Waals surface area contributed by atoms with Crippen molar-refractivity contribution in [1.82, 2.24) is 9.88 Å². The molecule has 0 spiro atoms. The van der Waals surface area contributed by atoms with Gasteiger partial charge in [0.2, 0.25) is 5.91 Å². The smallest absolute Gasteiger partial charge is 0.224 e. The molecule has 0 saturated carbocycles. The third-order valence-corrected chi connectivity index (χ3v) is 4.35. The maximum Gasteiger partial charge on any atom is 0.224 e. The van der Waals surface area contributed by atoms with Crippen LogP contribution >= 0.6 is 0 Å². The lowest BCUT2D eigenvalue weighted by Gasteiger charge is -2.23. The van der Waals surface area contributed by atoms with Gasteiger partial charge < -0.3 is 19.4 Å². The van der Waals surface area contributed by atoms with Gasteiger partial charge >= 0.3 is 0 Å². The summed E-state index contributed by atoms with van der Waals surface area (Å²) in [6.07, 6.45) is 3.33. The molecule has 1 amide bonds. The Morgan fingerprint density at radius 3 is 3.22 bits per heavy atom. The molecule has 0 bridgehead atoms. The Hall–Kier alpha value is -1.85. The number of hydrogen-bond acceptors (Lipinski definition) is 3. The monoisotopic (exact) mass is 316 g/mol. The zero-order chi connectivity index (χ0) is 16.1. The second kappa shape index (κ2) is 7.62. The van der Waals surface area contributed by atoms with Crippen molar-refractivity contribution >= 4 is 16.8 Å². The molecule has 1 aliphatic heterocycles. The van der Waals surface area contributed by atoms with Gasteiger partial charge in [-0.25, -0.2) is 0 Å². The van der Waals surface area contributed by atoms with Crippen molar-refractivity contribution in [3.63, 3.8) is 0 Å². The third kappa shape index (κ3) is 4.12. The molecule has 0 aliphatic carbocycles. The molecule has 1 aromatic heterocycles. The molecule has 1 aliphatic rings. The molecule has 1 fully saturated rings. The average Bonchev–Trinajstić information content (AvgIpc) is 2.90. The predicted molar refractivity (Wildman–Crippen MR) is 89.4 cm³/mol. The average molecular weight is 316 g/mol. The van der Waals surface area contributed by atoms with Gasteiger partial charge in [0.15, 0.2) is 0 Å². The van der Waals surface area contributed by atoms with Crippen LogP contribution in [0.15, 0.2) is 30.5 Å². The molecule has 1 N–H and O–H groups in total. The lowest BCUT2D eigenvalue weighted by molar-refractivity contribution is -0.132. The second-order valence-electron chi connectivity index (χ2n) is 6.13. The second-order valence-corrected chi connectivity index (χ2v) is 6.13. The fraction of sp³-hybridized carbons (Fsp3) is 0.500. The number of carbonyl (C=O) groups is 1. The maximum absolute atomic E-state index is 12.2. The van der Waals surface area contributed by atoms with Crippen molar-refractivity contribution in [3.05, 3.63) is 36.0 Å². The van der Waals surface area contributed by atoms with Crippen LogP contribution < -0.4 is 0 Å². The van der Waals surface area contributed by atoms with Crippen molar-refractivity contribution < 1.29 is 14.3 Å². The molecular formula is C18H24N2O3. The van der Waals surface area contributed by atoms with E-state index in [0.29, 0.717) is 38.7 Å². The van der Waals surface area contributed by atoms with E-state index < -0.39 is 0 Å². The minimum atomic E-state index is 0.156. The lowest BCUT2D eigenvalue weighted by Crippen LogP contribution is -2.36. The lowest BCUT2D eigenvalue weighted by atomic mass is 9.98. The van der Waals surface area contributed by atoms with E-state index in [0.717, 1.165) is 18.5 Å². The van der Waals surface area contributed by atoms with Crippen LogP contribution in [0.4, 0.5) is 0 Å². The maximum atomic E-state index is 12.2. The van der Waals surface area contributed by atoms with E-state index in [4.69, 9.17) is 9.47 Å². The van der Waals surface area contributed by atoms with Gasteiger partial charge in [-0.2, -0.15) is 0 Å². The predicted octanol–water partition coefficient (Wildman–Crippen LogP) is 2.22. The van der Waals surface area contributed by atoms with Gasteiger partial charge in [0.25, 0.3) is 0 Å². The number of nitrogens with one attached hydrogen (secondary N) is 1. The first-order valence-electron chi connectivity index (χ1n) is 8.17. The van der Waals surface area contributed by atoms with Gasteiger partial charge in [-0.1, -0.05) is 6.07 Å². The first kappa shape index (κ1) is 16.0. The molecule has 23 heavy (non-hydrogen) atoms. The molecule has 2 heterocycles. The van der Waals surface area contributed by atoms with Crippen LogP contribution in [-0.2, 0) is 20.7 Å². The van der Waals surface area contributed by atoms with Crippen molar-refractivity contribution in [2.45, 2.75) is 12.8 Å². The highest BCUT2D eigenvalue weighted by Crippen LogP contribution is 2.19. The van der Waals surface area contributed by atoms with Crippen LogP contribution in [0.1, 0.15) is 12.0 Å². The van der Waals surface area contributed by atoms with Crippen LogP contribution in [-0.4, -0.2) is 55.8 Å². The third-order valence-electron chi connectivity index (χ3n) is 4.35. The quantitative estimate of drug-likeness (QED) is 0.920. The molecule has 2 aromatic rings. The topological polar surface area (TPSA) is 54.6 Å². The molecule has 1 saturated heterocycles. The van der Waals surface area contributed by atoms with Crippen molar-refractivity contribution in [2.24, 2.45) is 5.92 Å². The molecular weight excluding hydrogens is 292 g/mol. The van der Waals surface area contributed by atoms with E-state index in [1.165, 1.54) is 10.9 Å². The van der Waals surface area contributed by atoms with Gasteiger partial charge in [0, 0.05) is 37.8 Å². The molecule has 1 aromatic carbocycles. The first-order chi connectivity index (χ1) is 11.3. The number of amides is 1. The zero-order valence-electron chi connectivity index (χ0n) is 13.6. The highest BCUT2D eigenvalue weighted by Gasteiger charge is 2.22. The van der Waals surface area contributed by atoms with Gasteiger partial charge in [-0.3, -0.25) is 4.79 Å². The molecule has 3 rings (SSSR count). The number of ether oxygens (including phenoxy) is 2. The number of H-pyrrole nitrogens is 1. The summed E-state index contributed by atoms with van der Waals surface area (Å²) < 4.78 is 10.7. The number of aromatic amines is 1. The Labute approximate surface area is 136 Å². The van der Waals surface area contributed by atoms with Gasteiger partial charge in [0.05, 0.1) is 26.2 Å². The molecule has 1 atom stereocenters. The van der Waals surface area contributed by atoms with E-state index >= 15 is 0 Å². The Bertz CT molecular complexity index is 653. The summed E-state index contributed by atoms with van der Waals surface area (Å²) in [5.74, 6) is 0.490. The number of nitrogens with zero attached hydrogens (tertiary/aromatic N) is 1. The number of fused-ring (bicyclic) bond motifs is 1. The summed E-state index contributed by atoms with van der Waals surface area (Å²) in [5, 5.41) is 1.23. The van der Waals surface area contributed by atoms with Crippen molar-refractivity contribution in [1.29, 1.82) is 0 Å². The summed E-state index contributed by atoms with van der Waals surface area (Å²) in [5.41, 5.74) is 2.44. The van der Waals surface area contributed by atoms with E-state index in [9.17, 15) is 4.79 Å². The number of rotatable bonds is 5. The van der Waals surface area contributed by atoms with Crippen LogP contribution in [0, 0.1) is 5.92 Å². The first-order valence-corrected chi connectivity index (χ1v) is 8.17. The van der Waals surface area contributed by atoms with E-state index in [1.54, 1.807) is 7.11 Å². The van der Waals surface area contributed by atoms with Crippen molar-refractivity contribution in [2.75, 3.05) is 40.0 Å². The van der Waals surface area contributed by atoms with Crippen LogP contribution in [0.25, 0.3) is 10.9 Å². The van der Waals surface area contributed by atoms with E-state index in [1.807, 2.05) is 11.1 Å². The van der Waals surface area contributed by atoms with Crippen LogP contribution in [0.2, 0.25) is 0 Å². The number of carbonyl (C=O) groups excluding carboxylic acids is 1. The standard InChI is InChI=1S/C18H24N2O3/c1-22-8-5-18(21)20-7-9-23-13-15(12-20)10-14-2-3-17-16(11-14)4-6-19-17/h2-4,6,11,15,19H,5,7-10,12-13H2,1H3/t15-/m0/s1. The minimum Gasteiger partial charge on any atom is -0.384 e. The largest absolute Gasteiger partial charge is 0.384 e. The fourth-order valence-electron chi connectivity index (χ4n) is 3.14. The summed E-state index contributed by atoms with van der Waals surface area (Å²) in [7, 11) is 1.62. The Balaban J connectivity index is 1.64. The minimum absolute atomic E-state index is 0.156. The Kier molecular flexibility index (Phi) is 5.31. The fourth-order valence-corrected chi connectivity index (χ4v) is 3.14. The van der Waals surface area contributed by atoms with Crippen molar-refractivity contribution in [3.8, 4) is 0 Å². The number of hydrogen-bond donors (Lipinski definition) is 1. The number of benzene rings is 1. The molecule has 5 nitrogen and oxygen atoms in total. The normalized spacial score (nSPS) is 19.0. The van der Waals surface area contributed by atoms with Crippen LogP contribution in [0.3, 0.4) is 0 Å². The summed E-state index contributed by atoms with van der Waals surface area (Å²) >= 11 is 0. The summed E-state index contributed by atoms with van der Waals surface area (Å²) in [6.45, 7) is 3.24. The highest BCUT2D eigenvalue weighted by molar-refractivity contribution is 5.80. The molecule has 124 valence electrons. The van der Waals surface area contributed by atoms with Gasteiger partial charge in [0.1, 0.15) is 0 Å². The van der Waals surface area contributed by atoms with E-state index in [2.05, 4.69) is 29.2 Å². The number of aromatic nitrogens is 1. The highest BCUT2D eigenvalue weighted by atomic mass is 16.5.